The molecule has 1 aliphatic rings. The summed E-state index contributed by atoms with van der Waals surface area (Å²) in [6.45, 7) is 6.62. The molecule has 3 rings (SSSR count). The molecule has 0 aliphatic carbocycles. The first kappa shape index (κ1) is 21.0. The van der Waals surface area contributed by atoms with Gasteiger partial charge in [0.25, 0.3) is 0 Å². The monoisotopic (exact) mass is 400 g/mol. The van der Waals surface area contributed by atoms with E-state index in [1.807, 2.05) is 6.92 Å². The van der Waals surface area contributed by atoms with E-state index in [1.54, 1.807) is 0 Å². The van der Waals surface area contributed by atoms with E-state index in [2.05, 4.69) is 41.9 Å². The first-order chi connectivity index (χ1) is 13.9. The van der Waals surface area contributed by atoms with Gasteiger partial charge in [-0.05, 0) is 31.2 Å². The summed E-state index contributed by atoms with van der Waals surface area (Å²) in [7, 11) is 2.19. The Balaban J connectivity index is 1.63. The lowest BCUT2D eigenvalue weighted by molar-refractivity contribution is -1.02. The highest BCUT2D eigenvalue weighted by molar-refractivity contribution is 6.39. The Morgan fingerprint density at radius 1 is 0.966 bits per heavy atom. The topological polar surface area (TPSA) is 67.1 Å². The average Bonchev–Trinajstić information content (AvgIpc) is 2.72. The molecule has 4 N–H and O–H groups in total. The normalized spacial score (nSPS) is 20.0. The summed E-state index contributed by atoms with van der Waals surface area (Å²) in [4.78, 5) is 27.4. The van der Waals surface area contributed by atoms with Crippen LogP contribution in [0.5, 0.6) is 0 Å². The molecular weight excluding hydrogens is 371 g/mol. The van der Waals surface area contributed by atoms with E-state index in [0.717, 1.165) is 31.7 Å². The zero-order valence-corrected chi connectivity index (χ0v) is 16.9. The van der Waals surface area contributed by atoms with Gasteiger partial charge in [0, 0.05) is 11.3 Å². The molecule has 1 heterocycles. The molecule has 7 heteroatoms. The minimum Gasteiger partial charge on any atom is -0.341 e. The molecule has 1 fully saturated rings. The maximum absolute atomic E-state index is 13.0. The first-order valence-corrected chi connectivity index (χ1v) is 9.99. The van der Waals surface area contributed by atoms with Gasteiger partial charge >= 0.3 is 11.8 Å². The molecule has 6 nitrogen and oxygen atoms in total. The van der Waals surface area contributed by atoms with Gasteiger partial charge in [-0.3, -0.25) is 9.59 Å². The van der Waals surface area contributed by atoms with Crippen LogP contribution in [0.1, 0.15) is 17.2 Å². The molecule has 29 heavy (non-hydrogen) atoms. The third kappa shape index (κ3) is 5.85. The van der Waals surface area contributed by atoms with Crippen LogP contribution in [0, 0.1) is 12.7 Å². The minimum absolute atomic E-state index is 0.0891. The lowest BCUT2D eigenvalue weighted by Crippen LogP contribution is -3.27. The fourth-order valence-corrected chi connectivity index (χ4v) is 3.64. The number of benzene rings is 2. The molecule has 0 saturated carbocycles. The van der Waals surface area contributed by atoms with Crippen molar-refractivity contribution in [3.63, 3.8) is 0 Å². The van der Waals surface area contributed by atoms with Crippen LogP contribution in [0.2, 0.25) is 0 Å². The summed E-state index contributed by atoms with van der Waals surface area (Å²) in [6, 6.07) is 13.8. The maximum Gasteiger partial charge on any atom is 0.313 e. The van der Waals surface area contributed by atoms with Crippen LogP contribution < -0.4 is 20.4 Å². The van der Waals surface area contributed by atoms with Gasteiger partial charge < -0.3 is 20.4 Å². The molecular formula is C22H29FN4O2+2. The minimum atomic E-state index is -0.753. The maximum atomic E-state index is 13.0. The first-order valence-electron chi connectivity index (χ1n) is 9.99. The van der Waals surface area contributed by atoms with Crippen molar-refractivity contribution in [3.05, 3.63) is 65.5 Å². The number of quaternary nitrogens is 2. The smallest absolute Gasteiger partial charge is 0.313 e. The third-order valence-electron chi connectivity index (χ3n) is 5.49. The number of carbonyl (C=O) groups excluding carboxylic acids is 2. The van der Waals surface area contributed by atoms with Gasteiger partial charge in [-0.2, -0.15) is 0 Å². The van der Waals surface area contributed by atoms with Gasteiger partial charge in [-0.1, -0.05) is 29.8 Å². The lowest BCUT2D eigenvalue weighted by atomic mass is 10.0. The Hall–Kier alpha value is -2.77. The van der Waals surface area contributed by atoms with Crippen molar-refractivity contribution >= 4 is 17.5 Å². The summed E-state index contributed by atoms with van der Waals surface area (Å²) in [6.07, 6.45) is 0. The predicted molar refractivity (Wildman–Crippen MR) is 109 cm³/mol. The van der Waals surface area contributed by atoms with Crippen LogP contribution in [0.4, 0.5) is 10.1 Å². The highest BCUT2D eigenvalue weighted by Gasteiger charge is 2.30. The average molecular weight is 400 g/mol. The molecule has 1 atom stereocenters. The molecule has 0 aromatic heterocycles. The number of likely N-dealkylation sites (N-methyl/N-ethyl adjacent to an activating group) is 1. The van der Waals surface area contributed by atoms with Crippen molar-refractivity contribution in [2.45, 2.75) is 13.0 Å². The van der Waals surface area contributed by atoms with Gasteiger partial charge in [0.15, 0.2) is 0 Å². The van der Waals surface area contributed by atoms with E-state index in [4.69, 9.17) is 0 Å². The fourth-order valence-electron chi connectivity index (χ4n) is 3.64. The molecule has 154 valence electrons. The summed E-state index contributed by atoms with van der Waals surface area (Å²) < 4.78 is 13.0. The second-order valence-corrected chi connectivity index (χ2v) is 7.75. The Bertz CT molecular complexity index is 831. The second kappa shape index (κ2) is 9.62. The summed E-state index contributed by atoms with van der Waals surface area (Å²) >= 11 is 0. The van der Waals surface area contributed by atoms with Crippen molar-refractivity contribution in [2.24, 2.45) is 0 Å². The van der Waals surface area contributed by atoms with E-state index in [0.29, 0.717) is 12.2 Å². The van der Waals surface area contributed by atoms with Crippen LogP contribution >= 0.6 is 0 Å². The number of halogens is 1. The molecule has 2 aromatic carbocycles. The number of carbonyl (C=O) groups is 2. The number of anilines is 1. The fraction of sp³-hybridized carbons (Fsp3) is 0.364. The SMILES string of the molecule is Cc1ccc([C@@H](CNC(=O)C(=O)Nc2ccc(F)cc2)[NH+]2CC[NH+](C)CC2)cc1. The highest BCUT2D eigenvalue weighted by Crippen LogP contribution is 2.11. The molecule has 0 bridgehead atoms. The molecule has 0 radical (unpaired) electrons. The molecule has 2 amide bonds. The summed E-state index contributed by atoms with van der Waals surface area (Å²) in [5.41, 5.74) is 2.73. The molecule has 0 unspecified atom stereocenters. The zero-order valence-electron chi connectivity index (χ0n) is 16.9. The van der Waals surface area contributed by atoms with E-state index in [-0.39, 0.29) is 6.04 Å². The Morgan fingerprint density at radius 3 is 2.21 bits per heavy atom. The van der Waals surface area contributed by atoms with E-state index in [1.165, 1.54) is 39.6 Å². The molecule has 1 saturated heterocycles. The van der Waals surface area contributed by atoms with Crippen molar-refractivity contribution in [1.82, 2.24) is 5.32 Å². The Kier molecular flexibility index (Phi) is 6.95. The lowest BCUT2D eigenvalue weighted by Gasteiger charge is -2.33. The standard InChI is InChI=1S/C22H27FN4O2/c1-16-3-5-17(6-4-16)20(27-13-11-26(2)12-14-27)15-24-21(28)22(29)25-19-9-7-18(23)8-10-19/h3-10,20H,11-15H2,1-2H3,(H,24,28)(H,25,29)/p+2/t20-/m1/s1. The van der Waals surface area contributed by atoms with Crippen LogP contribution in [0.25, 0.3) is 0 Å². The van der Waals surface area contributed by atoms with E-state index in [9.17, 15) is 14.0 Å². The molecule has 2 aromatic rings. The van der Waals surface area contributed by atoms with Crippen molar-refractivity contribution in [1.29, 1.82) is 0 Å². The number of aryl methyl sites for hydroxylation is 1. The van der Waals surface area contributed by atoms with E-state index >= 15 is 0 Å². The van der Waals surface area contributed by atoms with Gasteiger partial charge in [0.2, 0.25) is 0 Å². The van der Waals surface area contributed by atoms with Gasteiger partial charge in [-0.25, -0.2) is 4.39 Å². The van der Waals surface area contributed by atoms with Gasteiger partial charge in [0.1, 0.15) is 38.0 Å². The van der Waals surface area contributed by atoms with Gasteiger partial charge in [-0.15, -0.1) is 0 Å². The van der Waals surface area contributed by atoms with E-state index < -0.39 is 17.6 Å². The summed E-state index contributed by atoms with van der Waals surface area (Å²) in [5, 5.41) is 5.28. The predicted octanol–water partition coefficient (Wildman–Crippen LogP) is -0.657. The van der Waals surface area contributed by atoms with Crippen LogP contribution in [-0.4, -0.2) is 51.6 Å². The zero-order chi connectivity index (χ0) is 20.8. The van der Waals surface area contributed by atoms with Crippen LogP contribution in [-0.2, 0) is 9.59 Å². The quantitative estimate of drug-likeness (QED) is 0.504. The van der Waals surface area contributed by atoms with Crippen molar-refractivity contribution in [2.75, 3.05) is 45.1 Å². The molecule has 0 spiro atoms. The number of nitrogens with one attached hydrogen (secondary N) is 4. The Labute approximate surface area is 170 Å². The van der Waals surface area contributed by atoms with Crippen LogP contribution in [0.3, 0.4) is 0 Å². The number of hydrogen-bond donors (Lipinski definition) is 4. The van der Waals surface area contributed by atoms with Crippen molar-refractivity contribution < 1.29 is 23.8 Å². The van der Waals surface area contributed by atoms with Crippen LogP contribution in [0.15, 0.2) is 48.5 Å². The highest BCUT2D eigenvalue weighted by atomic mass is 19.1. The number of piperazine rings is 1. The van der Waals surface area contributed by atoms with Crippen molar-refractivity contribution in [3.8, 4) is 0 Å². The summed E-state index contributed by atoms with van der Waals surface area (Å²) in [5.74, 6) is -1.84. The third-order valence-corrected chi connectivity index (χ3v) is 5.49. The second-order valence-electron chi connectivity index (χ2n) is 7.75. The van der Waals surface area contributed by atoms with Gasteiger partial charge in [0.05, 0.1) is 13.6 Å². The Morgan fingerprint density at radius 2 is 1.59 bits per heavy atom. The largest absolute Gasteiger partial charge is 0.341 e. The number of amides is 2. The molecule has 1 aliphatic heterocycles. The number of hydrogen-bond acceptors (Lipinski definition) is 2. The number of rotatable bonds is 5.